The van der Waals surface area contributed by atoms with Crippen LogP contribution in [-0.4, -0.2) is 5.97 Å². The number of hydrogen-bond donors (Lipinski definition) is 0. The highest BCUT2D eigenvalue weighted by atomic mass is 16.5. The molecular formula is C30H24O6. The first-order valence-electron chi connectivity index (χ1n) is 11.6. The van der Waals surface area contributed by atoms with Crippen LogP contribution in [0.15, 0.2) is 91.2 Å². The van der Waals surface area contributed by atoms with Crippen molar-refractivity contribution in [1.29, 1.82) is 0 Å². The van der Waals surface area contributed by atoms with E-state index in [9.17, 15) is 14.4 Å². The number of benzene rings is 3. The zero-order valence-corrected chi connectivity index (χ0v) is 20.4. The van der Waals surface area contributed by atoms with Crippen LogP contribution in [0, 0.1) is 6.92 Å². The summed E-state index contributed by atoms with van der Waals surface area (Å²) in [5, 5.41) is 0.826. The maximum Gasteiger partial charge on any atom is 0.351 e. The predicted octanol–water partition coefficient (Wildman–Crippen LogP) is 6.39. The number of fused-ring (bicyclic) bond motifs is 2. The van der Waals surface area contributed by atoms with E-state index in [2.05, 4.69) is 20.8 Å². The van der Waals surface area contributed by atoms with Gasteiger partial charge in [0.15, 0.2) is 5.76 Å². The highest BCUT2D eigenvalue weighted by molar-refractivity contribution is 5.95. The summed E-state index contributed by atoms with van der Waals surface area (Å²) in [7, 11) is 0. The van der Waals surface area contributed by atoms with Crippen LogP contribution in [0.5, 0.6) is 5.75 Å². The van der Waals surface area contributed by atoms with E-state index in [0.29, 0.717) is 22.1 Å². The Balaban J connectivity index is 1.66. The van der Waals surface area contributed by atoms with Crippen LogP contribution >= 0.6 is 0 Å². The number of rotatable bonds is 3. The van der Waals surface area contributed by atoms with Crippen molar-refractivity contribution in [3.63, 3.8) is 0 Å². The first-order valence-corrected chi connectivity index (χ1v) is 11.6. The molecule has 0 aliphatic carbocycles. The second kappa shape index (κ2) is 8.64. The van der Waals surface area contributed by atoms with Crippen LogP contribution in [0.1, 0.15) is 42.3 Å². The Hall–Kier alpha value is -4.45. The van der Waals surface area contributed by atoms with Gasteiger partial charge in [-0.15, -0.1) is 0 Å². The van der Waals surface area contributed by atoms with Crippen LogP contribution in [0.2, 0.25) is 0 Å². The Morgan fingerprint density at radius 3 is 2.28 bits per heavy atom. The molecule has 6 heteroatoms. The number of carbonyl (C=O) groups is 1. The number of carbonyl (C=O) groups excluding carboxylic acids is 1. The van der Waals surface area contributed by atoms with Crippen molar-refractivity contribution in [3.8, 4) is 17.1 Å². The average Bonchev–Trinajstić information content (AvgIpc) is 2.84. The molecule has 5 rings (SSSR count). The second-order valence-corrected chi connectivity index (χ2v) is 9.79. The molecule has 6 nitrogen and oxygen atoms in total. The number of esters is 1. The molecule has 180 valence electrons. The maximum atomic E-state index is 13.5. The molecule has 0 radical (unpaired) electrons. The number of ether oxygens (including phenoxy) is 1. The minimum absolute atomic E-state index is 0.0702. The molecule has 0 amide bonds. The van der Waals surface area contributed by atoms with Crippen LogP contribution in [0.3, 0.4) is 0 Å². The molecule has 5 aromatic rings. The van der Waals surface area contributed by atoms with E-state index in [0.717, 1.165) is 11.1 Å². The summed E-state index contributed by atoms with van der Waals surface area (Å²) in [6.07, 6.45) is 0. The molecule has 0 atom stereocenters. The molecule has 3 aromatic carbocycles. The van der Waals surface area contributed by atoms with Gasteiger partial charge in [0.1, 0.15) is 16.7 Å². The van der Waals surface area contributed by atoms with E-state index in [4.69, 9.17) is 13.6 Å². The van der Waals surface area contributed by atoms with Gasteiger partial charge in [0.25, 0.3) is 0 Å². The van der Waals surface area contributed by atoms with E-state index >= 15 is 0 Å². The van der Waals surface area contributed by atoms with Crippen molar-refractivity contribution in [2.45, 2.75) is 33.1 Å². The molecule has 0 bridgehead atoms. The van der Waals surface area contributed by atoms with E-state index < -0.39 is 17.0 Å². The van der Waals surface area contributed by atoms with Gasteiger partial charge in [-0.3, -0.25) is 4.79 Å². The first kappa shape index (κ1) is 23.3. The molecule has 0 unspecified atom stereocenters. The Bertz CT molecular complexity index is 1750. The van der Waals surface area contributed by atoms with Crippen molar-refractivity contribution in [1.82, 2.24) is 0 Å². The fourth-order valence-electron chi connectivity index (χ4n) is 4.04. The molecule has 0 aliphatic heterocycles. The molecule has 0 fully saturated rings. The van der Waals surface area contributed by atoms with Crippen molar-refractivity contribution < 1.29 is 18.4 Å². The monoisotopic (exact) mass is 480 g/mol. The number of hydrogen-bond acceptors (Lipinski definition) is 6. The van der Waals surface area contributed by atoms with Crippen molar-refractivity contribution in [2.75, 3.05) is 0 Å². The molecule has 0 saturated heterocycles. The summed E-state index contributed by atoms with van der Waals surface area (Å²) in [5.41, 5.74) is 1.55. The molecule has 0 aliphatic rings. The lowest BCUT2D eigenvalue weighted by Crippen LogP contribution is -2.22. The molecule has 36 heavy (non-hydrogen) atoms. The third-order valence-electron chi connectivity index (χ3n) is 6.08. The fourth-order valence-corrected chi connectivity index (χ4v) is 4.04. The van der Waals surface area contributed by atoms with Crippen molar-refractivity contribution >= 4 is 27.9 Å². The quantitative estimate of drug-likeness (QED) is 0.220. The van der Waals surface area contributed by atoms with Crippen LogP contribution < -0.4 is 15.8 Å². The van der Waals surface area contributed by atoms with Crippen LogP contribution in [-0.2, 0) is 5.41 Å². The summed E-state index contributed by atoms with van der Waals surface area (Å²) in [6, 6.07) is 20.9. The lowest BCUT2D eigenvalue weighted by molar-refractivity contribution is 0.0727. The lowest BCUT2D eigenvalue weighted by atomic mass is 9.86. The molecule has 0 N–H and O–H groups in total. The van der Waals surface area contributed by atoms with Gasteiger partial charge in [0.05, 0.1) is 5.39 Å². The Morgan fingerprint density at radius 2 is 1.56 bits per heavy atom. The maximum absolute atomic E-state index is 13.5. The van der Waals surface area contributed by atoms with E-state index in [1.54, 1.807) is 42.5 Å². The van der Waals surface area contributed by atoms with Crippen molar-refractivity contribution in [2.24, 2.45) is 0 Å². The first-order chi connectivity index (χ1) is 17.1. The highest BCUT2D eigenvalue weighted by Gasteiger charge is 2.24. The summed E-state index contributed by atoms with van der Waals surface area (Å²) in [5.74, 6) is -1.18. The summed E-state index contributed by atoms with van der Waals surface area (Å²) < 4.78 is 17.0. The third kappa shape index (κ3) is 4.22. The van der Waals surface area contributed by atoms with Crippen LogP contribution in [0.25, 0.3) is 33.3 Å². The fraction of sp³-hybridized carbons (Fsp3) is 0.167. The van der Waals surface area contributed by atoms with Gasteiger partial charge in [-0.1, -0.05) is 69.3 Å². The SMILES string of the molecule is Cc1ccc2c(=O)c(OC(=O)c3cc4ccccc4oc3=O)c(-c3ccc(C(C)(C)C)cc3)oc2c1. The topological polar surface area (TPSA) is 86.7 Å². The minimum atomic E-state index is -0.999. The standard InChI is InChI=1S/C30H24O6/c1-17-9-14-21-24(15-17)34-26(18-10-12-20(13-11-18)30(2,3)4)27(25(21)31)36-29(33)22-16-19-7-5-6-8-23(19)35-28(22)32/h5-16H,1-4H3. The van der Waals surface area contributed by atoms with E-state index in [1.165, 1.54) is 6.07 Å². The van der Waals surface area contributed by atoms with E-state index in [-0.39, 0.29) is 27.9 Å². The van der Waals surface area contributed by atoms with Gasteiger partial charge in [-0.25, -0.2) is 9.59 Å². The van der Waals surface area contributed by atoms with Crippen LogP contribution in [0.4, 0.5) is 0 Å². The molecule has 2 aromatic heterocycles. The highest BCUT2D eigenvalue weighted by Crippen LogP contribution is 2.33. The summed E-state index contributed by atoms with van der Waals surface area (Å²) in [4.78, 5) is 39.1. The molecular weight excluding hydrogens is 456 g/mol. The Labute approximate surface area is 206 Å². The van der Waals surface area contributed by atoms with E-state index in [1.807, 2.05) is 31.2 Å². The normalized spacial score (nSPS) is 11.7. The zero-order chi connectivity index (χ0) is 25.6. The van der Waals surface area contributed by atoms with Gasteiger partial charge in [0.2, 0.25) is 11.2 Å². The third-order valence-corrected chi connectivity index (χ3v) is 6.08. The van der Waals surface area contributed by atoms with Gasteiger partial charge in [0, 0.05) is 10.9 Å². The van der Waals surface area contributed by atoms with Crippen molar-refractivity contribution in [3.05, 3.63) is 110 Å². The predicted molar refractivity (Wildman–Crippen MR) is 139 cm³/mol. The average molecular weight is 481 g/mol. The zero-order valence-electron chi connectivity index (χ0n) is 20.4. The minimum Gasteiger partial charge on any atom is -0.452 e. The summed E-state index contributed by atoms with van der Waals surface area (Å²) in [6.45, 7) is 8.19. The van der Waals surface area contributed by atoms with Gasteiger partial charge in [-0.2, -0.15) is 0 Å². The Morgan fingerprint density at radius 1 is 0.833 bits per heavy atom. The second-order valence-electron chi connectivity index (χ2n) is 9.79. The van der Waals surface area contributed by atoms with Gasteiger partial charge in [-0.05, 0) is 47.7 Å². The van der Waals surface area contributed by atoms with Gasteiger partial charge < -0.3 is 13.6 Å². The molecule has 0 saturated carbocycles. The Kier molecular flexibility index (Phi) is 5.59. The lowest BCUT2D eigenvalue weighted by Gasteiger charge is -2.19. The van der Waals surface area contributed by atoms with Gasteiger partial charge >= 0.3 is 11.6 Å². The summed E-state index contributed by atoms with van der Waals surface area (Å²) >= 11 is 0. The smallest absolute Gasteiger partial charge is 0.351 e. The number of para-hydroxylation sites is 1. The molecule has 2 heterocycles. The molecule has 0 spiro atoms. The largest absolute Gasteiger partial charge is 0.452 e. The number of aryl methyl sites for hydroxylation is 1.